The third kappa shape index (κ3) is 3.54. The molecule has 0 saturated carbocycles. The van der Waals surface area contributed by atoms with Crippen molar-refractivity contribution in [3.63, 3.8) is 0 Å². The highest BCUT2D eigenvalue weighted by Gasteiger charge is 2.04. The first-order chi connectivity index (χ1) is 9.19. The van der Waals surface area contributed by atoms with Crippen LogP contribution in [0.2, 0.25) is 0 Å². The molecule has 0 aliphatic rings. The number of H-pyrrole nitrogens is 1. The maximum Gasteiger partial charge on any atom is 0.439 e. The molecule has 0 radical (unpaired) electrons. The Morgan fingerprint density at radius 3 is 2.68 bits per heavy atom. The summed E-state index contributed by atoms with van der Waals surface area (Å²) in [6.07, 6.45) is 1.45. The lowest BCUT2D eigenvalue weighted by Crippen LogP contribution is -2.12. The van der Waals surface area contributed by atoms with Crippen LogP contribution in [0.3, 0.4) is 0 Å². The van der Waals surface area contributed by atoms with Crippen LogP contribution in [0.15, 0.2) is 33.6 Å². The van der Waals surface area contributed by atoms with Gasteiger partial charge in [0.2, 0.25) is 0 Å². The van der Waals surface area contributed by atoms with Crippen molar-refractivity contribution in [1.29, 1.82) is 0 Å². The second-order valence-corrected chi connectivity index (χ2v) is 4.16. The molecular formula is C13H15N3O3. The summed E-state index contributed by atoms with van der Waals surface area (Å²) in [5.41, 5.74) is 1.59. The Morgan fingerprint density at radius 1 is 1.37 bits per heavy atom. The molecule has 6 nitrogen and oxygen atoms in total. The molecule has 0 aliphatic carbocycles. The molecule has 0 saturated heterocycles. The van der Waals surface area contributed by atoms with E-state index < -0.39 is 5.76 Å². The quantitative estimate of drug-likeness (QED) is 0.828. The highest BCUT2D eigenvalue weighted by Crippen LogP contribution is 2.16. The predicted octanol–water partition coefficient (Wildman–Crippen LogP) is 1.81. The number of Topliss-reactive ketones (excluding diaryl/α,β-unsaturated/α-hetero) is 1. The van der Waals surface area contributed by atoms with Gasteiger partial charge in [0.15, 0.2) is 11.6 Å². The molecule has 0 aliphatic heterocycles. The van der Waals surface area contributed by atoms with E-state index in [2.05, 4.69) is 20.0 Å². The Morgan fingerprint density at radius 2 is 2.11 bits per heavy atom. The van der Waals surface area contributed by atoms with Gasteiger partial charge in [-0.25, -0.2) is 4.79 Å². The fraction of sp³-hybridized carbons (Fsp3) is 0.308. The van der Waals surface area contributed by atoms with Gasteiger partial charge in [0.25, 0.3) is 0 Å². The number of ketones is 1. The van der Waals surface area contributed by atoms with Gasteiger partial charge in [0.05, 0.1) is 6.54 Å². The van der Waals surface area contributed by atoms with Gasteiger partial charge in [-0.05, 0) is 30.7 Å². The van der Waals surface area contributed by atoms with Crippen molar-refractivity contribution in [2.75, 3.05) is 11.9 Å². The number of nitrogens with one attached hydrogen (secondary N) is 2. The zero-order valence-corrected chi connectivity index (χ0v) is 10.6. The molecule has 0 spiro atoms. The van der Waals surface area contributed by atoms with Crippen molar-refractivity contribution in [2.24, 2.45) is 0 Å². The number of aromatic amines is 1. The summed E-state index contributed by atoms with van der Waals surface area (Å²) in [4.78, 5) is 24.7. The van der Waals surface area contributed by atoms with Gasteiger partial charge in [0.1, 0.15) is 0 Å². The van der Waals surface area contributed by atoms with Crippen molar-refractivity contribution in [3.8, 4) is 11.4 Å². The van der Waals surface area contributed by atoms with Gasteiger partial charge >= 0.3 is 5.76 Å². The fourth-order valence-corrected chi connectivity index (χ4v) is 1.67. The topological polar surface area (TPSA) is 88.0 Å². The van der Waals surface area contributed by atoms with E-state index in [1.807, 2.05) is 19.1 Å². The molecule has 0 unspecified atom stereocenters. The van der Waals surface area contributed by atoms with E-state index in [1.165, 1.54) is 0 Å². The van der Waals surface area contributed by atoms with Crippen LogP contribution in [0.1, 0.15) is 19.8 Å². The van der Waals surface area contributed by atoms with E-state index in [0.29, 0.717) is 18.8 Å². The molecule has 0 amide bonds. The highest BCUT2D eigenvalue weighted by molar-refractivity contribution is 5.82. The lowest BCUT2D eigenvalue weighted by Gasteiger charge is -2.05. The van der Waals surface area contributed by atoms with Gasteiger partial charge in [0, 0.05) is 17.7 Å². The Hall–Kier alpha value is -2.37. The van der Waals surface area contributed by atoms with E-state index in [-0.39, 0.29) is 5.78 Å². The minimum atomic E-state index is -0.581. The average Bonchev–Trinajstić information content (AvgIpc) is 2.84. The highest BCUT2D eigenvalue weighted by atomic mass is 16.5. The minimum absolute atomic E-state index is 0.187. The monoisotopic (exact) mass is 261 g/mol. The largest absolute Gasteiger partial charge is 0.439 e. The van der Waals surface area contributed by atoms with Crippen LogP contribution in [0.4, 0.5) is 5.69 Å². The Kier molecular flexibility index (Phi) is 4.12. The van der Waals surface area contributed by atoms with E-state index in [4.69, 9.17) is 0 Å². The molecule has 2 N–H and O–H groups in total. The van der Waals surface area contributed by atoms with Crippen LogP contribution in [-0.2, 0) is 4.79 Å². The molecule has 0 atom stereocenters. The first-order valence-electron chi connectivity index (χ1n) is 6.11. The molecule has 1 heterocycles. The van der Waals surface area contributed by atoms with E-state index >= 15 is 0 Å². The molecule has 1 aromatic carbocycles. The first kappa shape index (κ1) is 13.1. The van der Waals surface area contributed by atoms with Crippen molar-refractivity contribution in [3.05, 3.63) is 34.8 Å². The number of carbonyl (C=O) groups is 1. The van der Waals surface area contributed by atoms with E-state index in [0.717, 1.165) is 17.7 Å². The molecule has 1 aromatic heterocycles. The Bertz CT molecular complexity index is 598. The normalized spacial score (nSPS) is 10.4. The fourth-order valence-electron chi connectivity index (χ4n) is 1.67. The van der Waals surface area contributed by atoms with Gasteiger partial charge in [-0.1, -0.05) is 12.1 Å². The predicted molar refractivity (Wildman–Crippen MR) is 71.0 cm³/mol. The van der Waals surface area contributed by atoms with Crippen molar-refractivity contribution in [2.45, 2.75) is 19.8 Å². The van der Waals surface area contributed by atoms with Crippen molar-refractivity contribution >= 4 is 11.5 Å². The molecule has 6 heteroatoms. The minimum Gasteiger partial charge on any atom is -0.378 e. The van der Waals surface area contributed by atoms with Crippen LogP contribution >= 0.6 is 0 Å². The number of anilines is 1. The maximum atomic E-state index is 11.4. The van der Waals surface area contributed by atoms with Crippen molar-refractivity contribution in [1.82, 2.24) is 10.1 Å². The third-order valence-electron chi connectivity index (χ3n) is 2.62. The summed E-state index contributed by atoms with van der Waals surface area (Å²) in [7, 11) is 0. The standard InChI is InChI=1S/C13H15N3O3/c1-2-3-11(17)8-14-10-6-4-9(5-7-10)12-15-13(18)19-16-12/h4-7,14H,2-3,8H2,1H3,(H,15,16,18). The number of nitrogens with zero attached hydrogens (tertiary/aromatic N) is 1. The van der Waals surface area contributed by atoms with Gasteiger partial charge in [-0.3, -0.25) is 14.3 Å². The lowest BCUT2D eigenvalue weighted by molar-refractivity contribution is -0.117. The second kappa shape index (κ2) is 5.99. The zero-order chi connectivity index (χ0) is 13.7. The summed E-state index contributed by atoms with van der Waals surface area (Å²) >= 11 is 0. The lowest BCUT2D eigenvalue weighted by atomic mass is 10.2. The smallest absolute Gasteiger partial charge is 0.378 e. The Labute approximate surface area is 109 Å². The summed E-state index contributed by atoms with van der Waals surface area (Å²) in [6, 6.07) is 7.23. The van der Waals surface area contributed by atoms with E-state index in [1.54, 1.807) is 12.1 Å². The number of aromatic nitrogens is 2. The molecular weight excluding hydrogens is 246 g/mol. The average molecular weight is 261 g/mol. The number of hydrogen-bond donors (Lipinski definition) is 2. The second-order valence-electron chi connectivity index (χ2n) is 4.16. The van der Waals surface area contributed by atoms with Crippen molar-refractivity contribution < 1.29 is 9.32 Å². The summed E-state index contributed by atoms with van der Waals surface area (Å²) in [5, 5.41) is 6.64. The maximum absolute atomic E-state index is 11.4. The van der Waals surface area contributed by atoms with Gasteiger partial charge in [-0.15, -0.1) is 0 Å². The third-order valence-corrected chi connectivity index (χ3v) is 2.62. The van der Waals surface area contributed by atoms with Crippen LogP contribution in [0.5, 0.6) is 0 Å². The summed E-state index contributed by atoms with van der Waals surface area (Å²) < 4.78 is 4.43. The molecule has 0 bridgehead atoms. The SMILES string of the molecule is CCCC(=O)CNc1ccc(-c2noc(=O)[nH]2)cc1. The van der Waals surface area contributed by atoms with Crippen LogP contribution in [-0.4, -0.2) is 22.5 Å². The molecule has 0 fully saturated rings. The number of carbonyl (C=O) groups excluding carboxylic acids is 1. The van der Waals surface area contributed by atoms with Gasteiger partial charge in [-0.2, -0.15) is 0 Å². The van der Waals surface area contributed by atoms with Crippen LogP contribution in [0, 0.1) is 0 Å². The number of rotatable bonds is 6. The molecule has 2 rings (SSSR count). The molecule has 2 aromatic rings. The summed E-state index contributed by atoms with van der Waals surface area (Å²) in [6.45, 7) is 2.30. The van der Waals surface area contributed by atoms with Gasteiger partial charge < -0.3 is 5.32 Å². The van der Waals surface area contributed by atoms with Crippen LogP contribution in [0.25, 0.3) is 11.4 Å². The van der Waals surface area contributed by atoms with Crippen LogP contribution < -0.4 is 11.1 Å². The first-order valence-corrected chi connectivity index (χ1v) is 6.11. The number of benzene rings is 1. The molecule has 19 heavy (non-hydrogen) atoms. The Balaban J connectivity index is 1.99. The zero-order valence-electron chi connectivity index (χ0n) is 10.6. The summed E-state index contributed by atoms with van der Waals surface area (Å²) in [5.74, 6) is -0.00613. The number of hydrogen-bond acceptors (Lipinski definition) is 5. The van der Waals surface area contributed by atoms with E-state index in [9.17, 15) is 9.59 Å². The molecule has 100 valence electrons.